The minimum Gasteiger partial charge on any atom is -0.491 e. The Hall–Kier alpha value is -3.88. The average Bonchev–Trinajstić information content (AvgIpc) is 2.93. The van der Waals surface area contributed by atoms with Crippen molar-refractivity contribution in [2.75, 3.05) is 39.2 Å². The van der Waals surface area contributed by atoms with Crippen molar-refractivity contribution in [3.05, 3.63) is 83.9 Å². The van der Waals surface area contributed by atoms with Crippen molar-refractivity contribution in [3.63, 3.8) is 0 Å². The van der Waals surface area contributed by atoms with Gasteiger partial charge in [0.2, 0.25) is 0 Å². The van der Waals surface area contributed by atoms with Crippen LogP contribution in [0.15, 0.2) is 72.8 Å². The van der Waals surface area contributed by atoms with Crippen molar-refractivity contribution >= 4 is 17.5 Å². The zero-order valence-corrected chi connectivity index (χ0v) is 22.3. The van der Waals surface area contributed by atoms with Crippen LogP contribution in [0, 0.1) is 5.92 Å². The number of ether oxygens (including phenoxy) is 3. The number of hydrogen-bond donors (Lipinski definition) is 2. The maximum atomic E-state index is 13.3. The van der Waals surface area contributed by atoms with Gasteiger partial charge in [0.05, 0.1) is 11.7 Å². The van der Waals surface area contributed by atoms with Crippen LogP contribution in [0.2, 0.25) is 0 Å². The van der Waals surface area contributed by atoms with Crippen LogP contribution in [0.4, 0.5) is 5.69 Å². The number of hydrogen-bond acceptors (Lipinski definition) is 6. The third-order valence-corrected chi connectivity index (χ3v) is 6.56. The number of methoxy groups -OCH3 is 1. The minimum absolute atomic E-state index is 0.0562. The molecular weight excluding hydrogens is 482 g/mol. The Morgan fingerprint density at radius 2 is 1.79 bits per heavy atom. The van der Waals surface area contributed by atoms with Gasteiger partial charge in [0.15, 0.2) is 0 Å². The van der Waals surface area contributed by atoms with Gasteiger partial charge in [0.1, 0.15) is 23.9 Å². The summed E-state index contributed by atoms with van der Waals surface area (Å²) in [6.07, 6.45) is -0.104. The Morgan fingerprint density at radius 1 is 1.03 bits per heavy atom. The highest BCUT2D eigenvalue weighted by atomic mass is 16.5. The monoisotopic (exact) mass is 517 g/mol. The number of nitrogens with zero attached hydrogens (tertiary/aromatic N) is 1. The summed E-state index contributed by atoms with van der Waals surface area (Å²) in [4.78, 5) is 28.0. The molecule has 200 valence electrons. The van der Waals surface area contributed by atoms with E-state index in [2.05, 4.69) is 17.6 Å². The smallest absolute Gasteiger partial charge is 0.257 e. The van der Waals surface area contributed by atoms with Gasteiger partial charge >= 0.3 is 0 Å². The van der Waals surface area contributed by atoms with Crippen molar-refractivity contribution in [3.8, 4) is 17.2 Å². The number of carbonyl (C=O) groups excluding carboxylic acids is 2. The van der Waals surface area contributed by atoms with Gasteiger partial charge in [0.25, 0.3) is 11.8 Å². The average molecular weight is 518 g/mol. The van der Waals surface area contributed by atoms with E-state index in [0.717, 1.165) is 6.54 Å². The summed E-state index contributed by atoms with van der Waals surface area (Å²) in [6, 6.07) is 21.5. The number of para-hydroxylation sites is 1. The second-order valence-electron chi connectivity index (χ2n) is 9.67. The van der Waals surface area contributed by atoms with Crippen molar-refractivity contribution in [1.29, 1.82) is 0 Å². The van der Waals surface area contributed by atoms with Crippen LogP contribution in [-0.2, 0) is 4.74 Å². The van der Waals surface area contributed by atoms with Crippen molar-refractivity contribution < 1.29 is 23.8 Å². The molecule has 0 bridgehead atoms. The molecule has 1 aliphatic rings. The molecule has 0 fully saturated rings. The van der Waals surface area contributed by atoms with Gasteiger partial charge in [0, 0.05) is 50.6 Å². The van der Waals surface area contributed by atoms with Crippen molar-refractivity contribution in [2.24, 2.45) is 5.92 Å². The fourth-order valence-corrected chi connectivity index (χ4v) is 4.26. The van der Waals surface area contributed by atoms with E-state index in [1.54, 1.807) is 61.5 Å². The zero-order valence-electron chi connectivity index (χ0n) is 22.3. The summed E-state index contributed by atoms with van der Waals surface area (Å²) in [5, 5.41) is 6.38. The van der Waals surface area contributed by atoms with E-state index in [1.165, 1.54) is 0 Å². The van der Waals surface area contributed by atoms with Gasteiger partial charge in [-0.05, 0) is 55.3 Å². The van der Waals surface area contributed by atoms with Crippen LogP contribution in [0.25, 0.3) is 0 Å². The highest BCUT2D eigenvalue weighted by Crippen LogP contribution is 2.27. The Balaban J connectivity index is 1.53. The number of rotatable bonds is 5. The van der Waals surface area contributed by atoms with E-state index in [9.17, 15) is 9.59 Å². The molecule has 0 unspecified atom stereocenters. The molecule has 0 radical (unpaired) electrons. The van der Waals surface area contributed by atoms with Gasteiger partial charge in [-0.2, -0.15) is 0 Å². The quantitative estimate of drug-likeness (QED) is 0.504. The summed E-state index contributed by atoms with van der Waals surface area (Å²) in [5.74, 6) is 1.41. The zero-order chi connectivity index (χ0) is 27.1. The number of fused-ring (bicyclic) bond motifs is 1. The molecule has 0 aliphatic carbocycles. The Kier molecular flexibility index (Phi) is 8.99. The van der Waals surface area contributed by atoms with E-state index < -0.39 is 0 Å². The minimum atomic E-state index is -0.299. The number of anilines is 1. The Bertz CT molecular complexity index is 1250. The van der Waals surface area contributed by atoms with Gasteiger partial charge in [-0.25, -0.2) is 0 Å². The molecule has 0 spiro atoms. The molecule has 4 rings (SSSR count). The molecular formula is C30H35N3O5. The predicted molar refractivity (Wildman–Crippen MR) is 147 cm³/mol. The summed E-state index contributed by atoms with van der Waals surface area (Å²) in [6.45, 7) is 5.69. The molecule has 0 aromatic heterocycles. The molecule has 1 heterocycles. The molecule has 8 heteroatoms. The molecule has 38 heavy (non-hydrogen) atoms. The van der Waals surface area contributed by atoms with E-state index >= 15 is 0 Å². The van der Waals surface area contributed by atoms with Crippen LogP contribution in [-0.4, -0.2) is 62.7 Å². The first kappa shape index (κ1) is 27.2. The first-order valence-electron chi connectivity index (χ1n) is 12.8. The Labute approximate surface area is 223 Å². The summed E-state index contributed by atoms with van der Waals surface area (Å²) < 4.78 is 17.6. The molecule has 0 saturated heterocycles. The fourth-order valence-electron chi connectivity index (χ4n) is 4.26. The number of nitrogens with one attached hydrogen (secondary N) is 2. The van der Waals surface area contributed by atoms with E-state index in [1.807, 2.05) is 37.3 Å². The third-order valence-electron chi connectivity index (χ3n) is 6.56. The highest BCUT2D eigenvalue weighted by Gasteiger charge is 2.25. The molecule has 3 aromatic rings. The Morgan fingerprint density at radius 3 is 2.55 bits per heavy atom. The first-order chi connectivity index (χ1) is 18.3. The lowest BCUT2D eigenvalue weighted by molar-refractivity contribution is 0.0281. The van der Waals surface area contributed by atoms with Crippen molar-refractivity contribution in [2.45, 2.75) is 26.0 Å². The maximum absolute atomic E-state index is 13.3. The van der Waals surface area contributed by atoms with Crippen LogP contribution < -0.4 is 20.1 Å². The second kappa shape index (κ2) is 12.6. The SMILES string of the molecule is CO[C@@H]1CN(C)C(=O)c2ccc(NC(=O)c3cccc(Oc4ccccc4)c3)cc2OC[C@H](C)NC[C@H]1C. The van der Waals surface area contributed by atoms with Crippen molar-refractivity contribution in [1.82, 2.24) is 10.2 Å². The van der Waals surface area contributed by atoms with E-state index in [0.29, 0.717) is 47.2 Å². The maximum Gasteiger partial charge on any atom is 0.257 e. The standard InChI is InChI=1S/C30H35N3O5/c1-20-17-31-21(2)19-37-27-16-23(13-14-26(27)30(35)33(3)18-28(20)36-4)32-29(34)22-9-8-12-25(15-22)38-24-10-6-5-7-11-24/h5-16,20-21,28,31H,17-19H2,1-4H3,(H,32,34)/t20-,21+,28-/m1/s1. The predicted octanol–water partition coefficient (Wildman–Crippen LogP) is 4.82. The normalized spacial score (nSPS) is 20.4. The lowest BCUT2D eigenvalue weighted by atomic mass is 10.0. The molecule has 3 atom stereocenters. The topological polar surface area (TPSA) is 89.1 Å². The van der Waals surface area contributed by atoms with Gasteiger partial charge in [-0.15, -0.1) is 0 Å². The van der Waals surface area contributed by atoms with Crippen LogP contribution in [0.3, 0.4) is 0 Å². The lowest BCUT2D eigenvalue weighted by Gasteiger charge is -2.30. The largest absolute Gasteiger partial charge is 0.491 e. The first-order valence-corrected chi connectivity index (χ1v) is 12.8. The number of carbonyl (C=O) groups is 2. The second-order valence-corrected chi connectivity index (χ2v) is 9.67. The lowest BCUT2D eigenvalue weighted by Crippen LogP contribution is -2.44. The van der Waals surface area contributed by atoms with Crippen LogP contribution in [0.5, 0.6) is 17.2 Å². The molecule has 1 aliphatic heterocycles. The summed E-state index contributed by atoms with van der Waals surface area (Å²) in [7, 11) is 3.43. The number of amides is 2. The molecule has 0 saturated carbocycles. The van der Waals surface area contributed by atoms with E-state index in [4.69, 9.17) is 14.2 Å². The summed E-state index contributed by atoms with van der Waals surface area (Å²) >= 11 is 0. The summed E-state index contributed by atoms with van der Waals surface area (Å²) in [5.41, 5.74) is 1.40. The van der Waals surface area contributed by atoms with Gasteiger partial charge < -0.3 is 29.7 Å². The third kappa shape index (κ3) is 6.90. The van der Waals surface area contributed by atoms with Gasteiger partial charge in [-0.1, -0.05) is 31.2 Å². The molecule has 3 aromatic carbocycles. The fraction of sp³-hybridized carbons (Fsp3) is 0.333. The van der Waals surface area contributed by atoms with E-state index in [-0.39, 0.29) is 29.9 Å². The molecule has 2 amide bonds. The molecule has 2 N–H and O–H groups in total. The molecule has 8 nitrogen and oxygen atoms in total. The van der Waals surface area contributed by atoms with Crippen LogP contribution in [0.1, 0.15) is 34.6 Å². The van der Waals surface area contributed by atoms with Crippen LogP contribution >= 0.6 is 0 Å². The van der Waals surface area contributed by atoms with Gasteiger partial charge in [-0.3, -0.25) is 9.59 Å². The highest BCUT2D eigenvalue weighted by molar-refractivity contribution is 6.05. The number of benzene rings is 3. The number of likely N-dealkylation sites (N-methyl/N-ethyl adjacent to an activating group) is 1.